The Morgan fingerprint density at radius 3 is 2.55 bits per heavy atom. The van der Waals surface area contributed by atoms with Crippen molar-refractivity contribution in [3.63, 3.8) is 0 Å². The third-order valence-corrected chi connectivity index (χ3v) is 2.55. The summed E-state index contributed by atoms with van der Waals surface area (Å²) in [5.74, 6) is -0.825. The minimum Gasteiger partial charge on any atom is -0.348 e. The zero-order valence-electron chi connectivity index (χ0n) is 10.2. The van der Waals surface area contributed by atoms with E-state index in [2.05, 4.69) is 15.3 Å². The Morgan fingerprint density at radius 2 is 1.90 bits per heavy atom. The Balaban J connectivity index is 2.14. The zero-order valence-corrected chi connectivity index (χ0v) is 10.2. The number of halogens is 3. The van der Waals surface area contributed by atoms with Crippen molar-refractivity contribution in [1.82, 2.24) is 15.3 Å². The van der Waals surface area contributed by atoms with E-state index in [1.54, 1.807) is 18.3 Å². The molecule has 104 valence electrons. The first-order valence-electron chi connectivity index (χ1n) is 5.67. The van der Waals surface area contributed by atoms with E-state index in [-0.39, 0.29) is 6.54 Å². The molecule has 0 atom stereocenters. The molecule has 4 nitrogen and oxygen atoms in total. The highest BCUT2D eigenvalue weighted by atomic mass is 19.4. The number of carbonyl (C=O) groups excluding carboxylic acids is 1. The molecule has 0 radical (unpaired) electrons. The zero-order chi connectivity index (χ0) is 14.6. The van der Waals surface area contributed by atoms with Gasteiger partial charge < -0.3 is 5.32 Å². The SMILES string of the molecule is O=C(NCc1cccnc1)c1cnccc1C(F)(F)F. The summed E-state index contributed by atoms with van der Waals surface area (Å²) in [5, 5.41) is 2.41. The van der Waals surface area contributed by atoms with Gasteiger partial charge in [-0.1, -0.05) is 6.07 Å². The van der Waals surface area contributed by atoms with Gasteiger partial charge in [-0.05, 0) is 17.7 Å². The van der Waals surface area contributed by atoms with Crippen LogP contribution in [0.5, 0.6) is 0 Å². The van der Waals surface area contributed by atoms with Crippen LogP contribution in [0.1, 0.15) is 21.5 Å². The van der Waals surface area contributed by atoms with E-state index in [9.17, 15) is 18.0 Å². The predicted octanol–water partition coefficient (Wildman–Crippen LogP) is 2.43. The molecule has 0 unspecified atom stereocenters. The van der Waals surface area contributed by atoms with E-state index in [1.807, 2.05) is 0 Å². The molecule has 0 aliphatic carbocycles. The average Bonchev–Trinajstić information content (AvgIpc) is 2.45. The normalized spacial score (nSPS) is 11.2. The van der Waals surface area contributed by atoms with Gasteiger partial charge in [0, 0.05) is 31.3 Å². The summed E-state index contributed by atoms with van der Waals surface area (Å²) in [6.45, 7) is 0.0961. The van der Waals surface area contributed by atoms with Gasteiger partial charge in [0.25, 0.3) is 5.91 Å². The highest BCUT2D eigenvalue weighted by Crippen LogP contribution is 2.31. The van der Waals surface area contributed by atoms with Crippen molar-refractivity contribution >= 4 is 5.91 Å². The minimum atomic E-state index is -4.59. The fourth-order valence-electron chi connectivity index (χ4n) is 1.60. The molecule has 0 aromatic carbocycles. The lowest BCUT2D eigenvalue weighted by atomic mass is 10.1. The summed E-state index contributed by atoms with van der Waals surface area (Å²) in [5.41, 5.74) is -0.807. The standard InChI is InChI=1S/C13H10F3N3O/c14-13(15,16)11-3-5-18-8-10(11)12(20)19-7-9-2-1-4-17-6-9/h1-6,8H,7H2,(H,19,20). The van der Waals surface area contributed by atoms with Crippen molar-refractivity contribution in [2.45, 2.75) is 12.7 Å². The Labute approximate surface area is 112 Å². The first-order valence-corrected chi connectivity index (χ1v) is 5.67. The molecule has 0 aliphatic rings. The molecule has 2 rings (SSSR count). The summed E-state index contributed by atoms with van der Waals surface area (Å²) in [6.07, 6.45) is 0.397. The van der Waals surface area contributed by atoms with E-state index in [0.717, 1.165) is 18.5 Å². The van der Waals surface area contributed by atoms with Crippen LogP contribution in [0, 0.1) is 0 Å². The maximum absolute atomic E-state index is 12.8. The molecule has 0 bridgehead atoms. The lowest BCUT2D eigenvalue weighted by Crippen LogP contribution is -2.26. The Bertz CT molecular complexity index is 599. The molecular formula is C13H10F3N3O. The number of rotatable bonds is 3. The number of nitrogens with zero attached hydrogens (tertiary/aromatic N) is 2. The van der Waals surface area contributed by atoms with E-state index in [1.165, 1.54) is 6.20 Å². The molecule has 1 amide bonds. The van der Waals surface area contributed by atoms with Gasteiger partial charge in [-0.3, -0.25) is 14.8 Å². The second kappa shape index (κ2) is 5.68. The second-order valence-electron chi connectivity index (χ2n) is 3.96. The van der Waals surface area contributed by atoms with Crippen LogP contribution < -0.4 is 5.32 Å². The maximum atomic E-state index is 12.8. The molecule has 0 fully saturated rings. The third kappa shape index (κ3) is 3.31. The van der Waals surface area contributed by atoms with Gasteiger partial charge in [-0.2, -0.15) is 13.2 Å². The molecule has 0 aliphatic heterocycles. The summed E-state index contributed by atoms with van der Waals surface area (Å²) < 4.78 is 38.3. The molecule has 1 N–H and O–H groups in total. The molecule has 2 heterocycles. The molecule has 0 saturated heterocycles. The monoisotopic (exact) mass is 281 g/mol. The molecule has 7 heteroatoms. The number of alkyl halides is 3. The average molecular weight is 281 g/mol. The maximum Gasteiger partial charge on any atom is 0.417 e. The number of amides is 1. The highest BCUT2D eigenvalue weighted by molar-refractivity contribution is 5.95. The fourth-order valence-corrected chi connectivity index (χ4v) is 1.60. The van der Waals surface area contributed by atoms with Gasteiger partial charge in [0.2, 0.25) is 0 Å². The van der Waals surface area contributed by atoms with Crippen LogP contribution in [0.25, 0.3) is 0 Å². The summed E-state index contributed by atoms with van der Waals surface area (Å²) >= 11 is 0. The van der Waals surface area contributed by atoms with Gasteiger partial charge in [-0.25, -0.2) is 0 Å². The van der Waals surface area contributed by atoms with Gasteiger partial charge in [0.1, 0.15) is 0 Å². The molecule has 20 heavy (non-hydrogen) atoms. The molecule has 0 spiro atoms. The topological polar surface area (TPSA) is 54.9 Å². The number of aromatic nitrogens is 2. The molecule has 2 aromatic rings. The van der Waals surface area contributed by atoms with Crippen LogP contribution in [-0.4, -0.2) is 15.9 Å². The second-order valence-corrected chi connectivity index (χ2v) is 3.96. The first kappa shape index (κ1) is 14.0. The quantitative estimate of drug-likeness (QED) is 0.940. The van der Waals surface area contributed by atoms with E-state index in [0.29, 0.717) is 5.56 Å². The van der Waals surface area contributed by atoms with Crippen molar-refractivity contribution < 1.29 is 18.0 Å². The number of pyridine rings is 2. The number of carbonyl (C=O) groups is 1. The van der Waals surface area contributed by atoms with Crippen LogP contribution in [0.15, 0.2) is 43.0 Å². The van der Waals surface area contributed by atoms with Gasteiger partial charge >= 0.3 is 6.18 Å². The minimum absolute atomic E-state index is 0.0961. The van der Waals surface area contributed by atoms with Crippen LogP contribution in [0.4, 0.5) is 13.2 Å². The Kier molecular flexibility index (Phi) is 3.97. The molecular weight excluding hydrogens is 271 g/mol. The van der Waals surface area contributed by atoms with Crippen molar-refractivity contribution in [2.24, 2.45) is 0 Å². The summed E-state index contributed by atoms with van der Waals surface area (Å²) in [6, 6.07) is 4.16. The summed E-state index contributed by atoms with van der Waals surface area (Å²) in [7, 11) is 0. The van der Waals surface area contributed by atoms with E-state index in [4.69, 9.17) is 0 Å². The van der Waals surface area contributed by atoms with Gasteiger partial charge in [-0.15, -0.1) is 0 Å². The highest BCUT2D eigenvalue weighted by Gasteiger charge is 2.35. The largest absolute Gasteiger partial charge is 0.417 e. The number of hydrogen-bond donors (Lipinski definition) is 1. The molecule has 2 aromatic heterocycles. The van der Waals surface area contributed by atoms with Gasteiger partial charge in [0.05, 0.1) is 11.1 Å². The predicted molar refractivity (Wildman–Crippen MR) is 64.6 cm³/mol. The van der Waals surface area contributed by atoms with Gasteiger partial charge in [0.15, 0.2) is 0 Å². The Morgan fingerprint density at radius 1 is 1.15 bits per heavy atom. The van der Waals surface area contributed by atoms with Crippen molar-refractivity contribution in [1.29, 1.82) is 0 Å². The summed E-state index contributed by atoms with van der Waals surface area (Å²) in [4.78, 5) is 19.2. The van der Waals surface area contributed by atoms with E-state index < -0.39 is 23.2 Å². The number of hydrogen-bond acceptors (Lipinski definition) is 3. The van der Waals surface area contributed by atoms with Crippen molar-refractivity contribution in [3.05, 3.63) is 59.7 Å². The van der Waals surface area contributed by atoms with Crippen LogP contribution in [0.2, 0.25) is 0 Å². The third-order valence-electron chi connectivity index (χ3n) is 2.55. The molecule has 0 saturated carbocycles. The van der Waals surface area contributed by atoms with Crippen molar-refractivity contribution in [3.8, 4) is 0 Å². The van der Waals surface area contributed by atoms with Crippen molar-refractivity contribution in [2.75, 3.05) is 0 Å². The smallest absolute Gasteiger partial charge is 0.348 e. The number of nitrogens with one attached hydrogen (secondary N) is 1. The van der Waals surface area contributed by atoms with Crippen LogP contribution in [-0.2, 0) is 12.7 Å². The lowest BCUT2D eigenvalue weighted by molar-refractivity contribution is -0.138. The van der Waals surface area contributed by atoms with Crippen LogP contribution >= 0.6 is 0 Å². The van der Waals surface area contributed by atoms with Crippen LogP contribution in [0.3, 0.4) is 0 Å². The Hall–Kier alpha value is -2.44. The lowest BCUT2D eigenvalue weighted by Gasteiger charge is -2.12. The van der Waals surface area contributed by atoms with E-state index >= 15 is 0 Å². The first-order chi connectivity index (χ1) is 9.48. The fraction of sp³-hybridized carbons (Fsp3) is 0.154.